The molecule has 1 heterocycles. The molecule has 1 aromatic heterocycles. The van der Waals surface area contributed by atoms with Gasteiger partial charge in [-0.25, -0.2) is 14.2 Å². The first kappa shape index (κ1) is 13.8. The van der Waals surface area contributed by atoms with Crippen LogP contribution in [-0.4, -0.2) is 16.1 Å². The van der Waals surface area contributed by atoms with E-state index in [4.69, 9.17) is 21.4 Å². The molecule has 1 aromatic carbocycles. The number of aromatic carboxylic acids is 1. The molecule has 0 radical (unpaired) electrons. The third kappa shape index (κ3) is 3.02. The van der Waals surface area contributed by atoms with Crippen molar-refractivity contribution < 1.29 is 19.0 Å². The number of halogens is 3. The molecule has 4 nitrogen and oxygen atoms in total. The lowest BCUT2D eigenvalue weighted by molar-refractivity contribution is 0.0696. The van der Waals surface area contributed by atoms with Gasteiger partial charge in [-0.15, -0.1) is 0 Å². The van der Waals surface area contributed by atoms with Crippen molar-refractivity contribution in [1.29, 1.82) is 0 Å². The molecule has 0 bridgehead atoms. The van der Waals surface area contributed by atoms with Gasteiger partial charge in [-0.3, -0.25) is 0 Å². The van der Waals surface area contributed by atoms with Crippen molar-refractivity contribution in [3.05, 3.63) is 51.3 Å². The van der Waals surface area contributed by atoms with Crippen molar-refractivity contribution in [1.82, 2.24) is 4.98 Å². The quantitative estimate of drug-likeness (QED) is 0.908. The Hall–Kier alpha value is -1.66. The minimum absolute atomic E-state index is 0.105. The first-order valence-corrected chi connectivity index (χ1v) is 6.17. The summed E-state index contributed by atoms with van der Waals surface area (Å²) >= 11 is 9.02. The number of carbonyl (C=O) groups is 1. The molecule has 2 rings (SSSR count). The molecule has 7 heteroatoms. The summed E-state index contributed by atoms with van der Waals surface area (Å²) in [6, 6.07) is 5.33. The van der Waals surface area contributed by atoms with Crippen molar-refractivity contribution >= 4 is 33.5 Å². The number of ether oxygens (including phenoxy) is 1. The summed E-state index contributed by atoms with van der Waals surface area (Å²) in [7, 11) is 0. The Labute approximate surface area is 120 Å². The van der Waals surface area contributed by atoms with Crippen LogP contribution in [0.3, 0.4) is 0 Å². The van der Waals surface area contributed by atoms with Gasteiger partial charge < -0.3 is 9.84 Å². The molecule has 0 saturated carbocycles. The molecule has 0 amide bonds. The van der Waals surface area contributed by atoms with E-state index in [9.17, 15) is 9.18 Å². The van der Waals surface area contributed by atoms with Gasteiger partial charge in [-0.05, 0) is 24.3 Å². The van der Waals surface area contributed by atoms with Crippen LogP contribution in [-0.2, 0) is 0 Å². The predicted octanol–water partition coefficient (Wildman–Crippen LogP) is 4.13. The van der Waals surface area contributed by atoms with Crippen LogP contribution in [0.1, 0.15) is 10.4 Å². The highest BCUT2D eigenvalue weighted by atomic mass is 79.9. The standard InChI is InChI=1S/C12H6BrClFNO3/c13-6-1-2-8(15)9(5-6)19-11-10(14)7(12(17)18)3-4-16-11/h1-5H,(H,17,18). The van der Waals surface area contributed by atoms with Gasteiger partial charge in [0.05, 0.1) is 5.56 Å². The van der Waals surface area contributed by atoms with Crippen LogP contribution in [0.15, 0.2) is 34.9 Å². The average Bonchev–Trinajstić information content (AvgIpc) is 2.36. The Bertz CT molecular complexity index is 651. The van der Waals surface area contributed by atoms with Crippen LogP contribution in [0.2, 0.25) is 5.02 Å². The van der Waals surface area contributed by atoms with Crippen molar-refractivity contribution in [3.63, 3.8) is 0 Å². The number of carboxylic acids is 1. The minimum atomic E-state index is -1.22. The second-order valence-electron chi connectivity index (χ2n) is 3.46. The maximum Gasteiger partial charge on any atom is 0.337 e. The first-order valence-electron chi connectivity index (χ1n) is 4.99. The van der Waals surface area contributed by atoms with E-state index in [0.717, 1.165) is 0 Å². The van der Waals surface area contributed by atoms with Gasteiger partial charge in [0.2, 0.25) is 5.88 Å². The van der Waals surface area contributed by atoms with E-state index in [2.05, 4.69) is 20.9 Å². The number of carboxylic acid groups (broad SMARTS) is 1. The Balaban J connectivity index is 2.41. The summed E-state index contributed by atoms with van der Waals surface area (Å²) in [4.78, 5) is 14.7. The van der Waals surface area contributed by atoms with E-state index in [1.54, 1.807) is 0 Å². The number of nitrogens with zero attached hydrogens (tertiary/aromatic N) is 1. The Morgan fingerprint density at radius 2 is 2.16 bits per heavy atom. The Kier molecular flexibility index (Phi) is 4.01. The maximum atomic E-state index is 13.5. The first-order chi connectivity index (χ1) is 8.99. The third-order valence-electron chi connectivity index (χ3n) is 2.19. The summed E-state index contributed by atoms with van der Waals surface area (Å²) in [5, 5.41) is 8.72. The van der Waals surface area contributed by atoms with Crippen molar-refractivity contribution in [2.24, 2.45) is 0 Å². The van der Waals surface area contributed by atoms with Crippen LogP contribution in [0.5, 0.6) is 11.6 Å². The van der Waals surface area contributed by atoms with E-state index < -0.39 is 11.8 Å². The SMILES string of the molecule is O=C(O)c1ccnc(Oc2cc(Br)ccc2F)c1Cl. The molecule has 1 N–H and O–H groups in total. The van der Waals surface area contributed by atoms with Gasteiger partial charge in [0.1, 0.15) is 5.02 Å². The molecule has 98 valence electrons. The summed E-state index contributed by atoms with van der Waals surface area (Å²) < 4.78 is 19.3. The summed E-state index contributed by atoms with van der Waals surface area (Å²) in [5.74, 6) is -2.10. The predicted molar refractivity (Wildman–Crippen MR) is 70.4 cm³/mol. The Morgan fingerprint density at radius 3 is 2.84 bits per heavy atom. The van der Waals surface area contributed by atoms with Gasteiger partial charge in [-0.2, -0.15) is 0 Å². The van der Waals surface area contributed by atoms with Crippen molar-refractivity contribution in [3.8, 4) is 11.6 Å². The molecule has 0 aliphatic rings. The van der Waals surface area contributed by atoms with Gasteiger partial charge in [-0.1, -0.05) is 27.5 Å². The molecular formula is C12H6BrClFNO3. The second kappa shape index (κ2) is 5.54. The number of hydrogen-bond acceptors (Lipinski definition) is 3. The van der Waals surface area contributed by atoms with E-state index in [1.165, 1.54) is 30.5 Å². The van der Waals surface area contributed by atoms with Gasteiger partial charge in [0.25, 0.3) is 0 Å². The molecule has 0 atom stereocenters. The third-order valence-corrected chi connectivity index (χ3v) is 3.05. The fourth-order valence-corrected chi connectivity index (χ4v) is 1.89. The Morgan fingerprint density at radius 1 is 1.42 bits per heavy atom. The number of pyridine rings is 1. The van der Waals surface area contributed by atoms with E-state index in [-0.39, 0.29) is 22.2 Å². The fourth-order valence-electron chi connectivity index (χ4n) is 1.32. The summed E-state index contributed by atoms with van der Waals surface area (Å²) in [6.07, 6.45) is 1.22. The van der Waals surface area contributed by atoms with Gasteiger partial charge in [0.15, 0.2) is 11.6 Å². The van der Waals surface area contributed by atoms with Crippen LogP contribution >= 0.6 is 27.5 Å². The minimum Gasteiger partial charge on any atom is -0.478 e. The maximum absolute atomic E-state index is 13.5. The highest BCUT2D eigenvalue weighted by Crippen LogP contribution is 2.32. The van der Waals surface area contributed by atoms with Crippen LogP contribution in [0, 0.1) is 5.82 Å². The van der Waals surface area contributed by atoms with Crippen LogP contribution in [0.25, 0.3) is 0 Å². The summed E-state index contributed by atoms with van der Waals surface area (Å²) in [6.45, 7) is 0. The number of benzene rings is 1. The topological polar surface area (TPSA) is 59.4 Å². The van der Waals surface area contributed by atoms with E-state index >= 15 is 0 Å². The number of aromatic nitrogens is 1. The zero-order chi connectivity index (χ0) is 14.0. The zero-order valence-corrected chi connectivity index (χ0v) is 11.6. The highest BCUT2D eigenvalue weighted by Gasteiger charge is 2.16. The normalized spacial score (nSPS) is 10.3. The zero-order valence-electron chi connectivity index (χ0n) is 9.23. The molecule has 2 aromatic rings. The average molecular weight is 347 g/mol. The fraction of sp³-hybridized carbons (Fsp3) is 0. The van der Waals surface area contributed by atoms with Gasteiger partial charge in [0, 0.05) is 10.7 Å². The summed E-state index contributed by atoms with van der Waals surface area (Å²) in [5.41, 5.74) is -0.165. The lowest BCUT2D eigenvalue weighted by Gasteiger charge is -2.08. The lowest BCUT2D eigenvalue weighted by Crippen LogP contribution is -2.00. The van der Waals surface area contributed by atoms with E-state index in [0.29, 0.717) is 4.47 Å². The monoisotopic (exact) mass is 345 g/mol. The highest BCUT2D eigenvalue weighted by molar-refractivity contribution is 9.10. The van der Waals surface area contributed by atoms with Gasteiger partial charge >= 0.3 is 5.97 Å². The molecule has 0 spiro atoms. The molecule has 0 saturated heterocycles. The number of rotatable bonds is 3. The van der Waals surface area contributed by atoms with Crippen LogP contribution < -0.4 is 4.74 Å². The molecule has 0 unspecified atom stereocenters. The second-order valence-corrected chi connectivity index (χ2v) is 4.75. The molecule has 0 aliphatic carbocycles. The largest absolute Gasteiger partial charge is 0.478 e. The smallest absolute Gasteiger partial charge is 0.337 e. The number of hydrogen-bond donors (Lipinski definition) is 1. The molecule has 19 heavy (non-hydrogen) atoms. The molecule has 0 aliphatic heterocycles. The van der Waals surface area contributed by atoms with Crippen LogP contribution in [0.4, 0.5) is 4.39 Å². The lowest BCUT2D eigenvalue weighted by atomic mass is 10.2. The molecule has 0 fully saturated rings. The van der Waals surface area contributed by atoms with E-state index in [1.807, 2.05) is 0 Å². The van der Waals surface area contributed by atoms with Crippen molar-refractivity contribution in [2.45, 2.75) is 0 Å². The molecular weight excluding hydrogens is 340 g/mol. The van der Waals surface area contributed by atoms with Crippen molar-refractivity contribution in [2.75, 3.05) is 0 Å².